The average molecular weight is 249 g/mol. The minimum atomic E-state index is 0.613. The fourth-order valence-electron chi connectivity index (χ4n) is 2.34. The van der Waals surface area contributed by atoms with Crippen LogP contribution in [0, 0.1) is 0 Å². The molecule has 1 aromatic rings. The predicted molar refractivity (Wildman–Crippen MR) is 74.2 cm³/mol. The second-order valence-electron chi connectivity index (χ2n) is 4.86. The molecular weight excluding hydrogens is 226 g/mol. The fraction of sp³-hybridized carbons (Fsp3) is 0.643. The van der Waals surface area contributed by atoms with Gasteiger partial charge in [-0.15, -0.1) is 0 Å². The molecule has 0 radical (unpaired) electrons. The number of nitrogens with one attached hydrogen (secondary N) is 1. The number of hydrogen-bond donors (Lipinski definition) is 1. The molecule has 0 aliphatic carbocycles. The summed E-state index contributed by atoms with van der Waals surface area (Å²) in [5.41, 5.74) is 1.23. The maximum absolute atomic E-state index is 5.10. The molecule has 0 atom stereocenters. The van der Waals surface area contributed by atoms with E-state index in [1.165, 1.54) is 18.5 Å². The molecule has 1 saturated heterocycles. The minimum Gasteiger partial charge on any atom is -0.383 e. The quantitative estimate of drug-likeness (QED) is 0.860. The summed E-state index contributed by atoms with van der Waals surface area (Å²) >= 11 is 0. The first-order chi connectivity index (χ1) is 8.81. The molecular formula is C14H23N3O. The van der Waals surface area contributed by atoms with Crippen molar-refractivity contribution in [2.24, 2.45) is 0 Å². The third-order valence-electron chi connectivity index (χ3n) is 3.54. The van der Waals surface area contributed by atoms with Crippen molar-refractivity contribution in [1.82, 2.24) is 10.3 Å². The molecule has 100 valence electrons. The van der Waals surface area contributed by atoms with Crippen molar-refractivity contribution in [3.8, 4) is 0 Å². The summed E-state index contributed by atoms with van der Waals surface area (Å²) in [5.74, 6) is 1.66. The molecule has 0 bridgehead atoms. The van der Waals surface area contributed by atoms with Crippen molar-refractivity contribution >= 4 is 5.82 Å². The normalized spacial score (nSPS) is 16.8. The van der Waals surface area contributed by atoms with Crippen LogP contribution >= 0.6 is 0 Å². The Bertz CT molecular complexity index is 364. The van der Waals surface area contributed by atoms with Gasteiger partial charge in [0.25, 0.3) is 0 Å². The van der Waals surface area contributed by atoms with E-state index in [0.29, 0.717) is 5.92 Å². The molecule has 0 amide bonds. The maximum Gasteiger partial charge on any atom is 0.128 e. The second-order valence-corrected chi connectivity index (χ2v) is 4.86. The van der Waals surface area contributed by atoms with E-state index < -0.39 is 0 Å². The lowest BCUT2D eigenvalue weighted by molar-refractivity contribution is 0.206. The van der Waals surface area contributed by atoms with E-state index in [9.17, 15) is 0 Å². The lowest BCUT2D eigenvalue weighted by atomic mass is 9.94. The molecule has 1 aliphatic heterocycles. The smallest absolute Gasteiger partial charge is 0.128 e. The second kappa shape index (κ2) is 6.71. The molecule has 0 spiro atoms. The van der Waals surface area contributed by atoms with Crippen LogP contribution in [0.5, 0.6) is 0 Å². The van der Waals surface area contributed by atoms with Crippen molar-refractivity contribution in [3.05, 3.63) is 23.9 Å². The number of hydrogen-bond acceptors (Lipinski definition) is 4. The summed E-state index contributed by atoms with van der Waals surface area (Å²) in [6.07, 6.45) is 2.39. The molecule has 18 heavy (non-hydrogen) atoms. The fourth-order valence-corrected chi connectivity index (χ4v) is 2.34. The summed E-state index contributed by atoms with van der Waals surface area (Å²) in [6.45, 7) is 3.82. The van der Waals surface area contributed by atoms with Crippen molar-refractivity contribution in [1.29, 1.82) is 0 Å². The Morgan fingerprint density at radius 2 is 2.17 bits per heavy atom. The minimum absolute atomic E-state index is 0.613. The van der Waals surface area contributed by atoms with E-state index >= 15 is 0 Å². The van der Waals surface area contributed by atoms with Gasteiger partial charge in [-0.25, -0.2) is 4.98 Å². The van der Waals surface area contributed by atoms with Crippen LogP contribution < -0.4 is 10.2 Å². The third-order valence-corrected chi connectivity index (χ3v) is 3.54. The monoisotopic (exact) mass is 249 g/mol. The van der Waals surface area contributed by atoms with E-state index in [4.69, 9.17) is 9.72 Å². The molecule has 4 nitrogen and oxygen atoms in total. The molecule has 2 rings (SSSR count). The summed E-state index contributed by atoms with van der Waals surface area (Å²) in [5, 5.41) is 3.40. The van der Waals surface area contributed by atoms with Crippen LogP contribution in [0.2, 0.25) is 0 Å². The highest BCUT2D eigenvalue weighted by atomic mass is 16.5. The molecule has 0 aromatic carbocycles. The maximum atomic E-state index is 5.10. The summed E-state index contributed by atoms with van der Waals surface area (Å²) in [4.78, 5) is 6.94. The number of likely N-dealkylation sites (N-methyl/N-ethyl adjacent to an activating group) is 1. The number of nitrogens with zero attached hydrogens (tertiary/aromatic N) is 2. The van der Waals surface area contributed by atoms with E-state index in [0.717, 1.165) is 32.1 Å². The average Bonchev–Trinajstić information content (AvgIpc) is 2.46. The molecule has 4 heteroatoms. The van der Waals surface area contributed by atoms with Crippen molar-refractivity contribution in [3.63, 3.8) is 0 Å². The van der Waals surface area contributed by atoms with E-state index in [1.54, 1.807) is 7.11 Å². The largest absolute Gasteiger partial charge is 0.383 e. The van der Waals surface area contributed by atoms with Crippen LogP contribution in [0.25, 0.3) is 0 Å². The Morgan fingerprint density at radius 3 is 2.89 bits per heavy atom. The number of methoxy groups -OCH3 is 1. The Labute approximate surface area is 109 Å². The highest BCUT2D eigenvalue weighted by Gasteiger charge is 2.17. The lowest BCUT2D eigenvalue weighted by Gasteiger charge is -2.24. The molecule has 1 aromatic heterocycles. The van der Waals surface area contributed by atoms with Gasteiger partial charge in [0.1, 0.15) is 5.82 Å². The first-order valence-corrected chi connectivity index (χ1v) is 6.69. The van der Waals surface area contributed by atoms with E-state index in [1.807, 2.05) is 0 Å². The SMILES string of the molecule is COCCN(C)c1cccc(C2CCNCC2)n1. The van der Waals surface area contributed by atoms with Crippen LogP contribution in [-0.4, -0.2) is 45.4 Å². The third kappa shape index (κ3) is 3.43. The lowest BCUT2D eigenvalue weighted by Crippen LogP contribution is -2.28. The van der Waals surface area contributed by atoms with Gasteiger partial charge in [0.15, 0.2) is 0 Å². The van der Waals surface area contributed by atoms with Crippen LogP contribution in [0.4, 0.5) is 5.82 Å². The van der Waals surface area contributed by atoms with Crippen LogP contribution in [0.15, 0.2) is 18.2 Å². The molecule has 0 saturated carbocycles. The predicted octanol–water partition coefficient (Wildman–Crippen LogP) is 1.63. The van der Waals surface area contributed by atoms with Crippen molar-refractivity contribution in [2.45, 2.75) is 18.8 Å². The number of piperidine rings is 1. The standard InChI is InChI=1S/C14H23N3O/c1-17(10-11-18-2)14-5-3-4-13(16-14)12-6-8-15-9-7-12/h3-5,12,15H,6-11H2,1-2H3. The topological polar surface area (TPSA) is 37.4 Å². The van der Waals surface area contributed by atoms with E-state index in [-0.39, 0.29) is 0 Å². The van der Waals surface area contributed by atoms with Gasteiger partial charge in [0.2, 0.25) is 0 Å². The van der Waals surface area contributed by atoms with Crippen molar-refractivity contribution in [2.75, 3.05) is 45.3 Å². The zero-order chi connectivity index (χ0) is 12.8. The molecule has 1 fully saturated rings. The van der Waals surface area contributed by atoms with Gasteiger partial charge in [-0.1, -0.05) is 6.07 Å². The zero-order valence-electron chi connectivity index (χ0n) is 11.4. The zero-order valence-corrected chi connectivity index (χ0v) is 11.4. The Balaban J connectivity index is 2.04. The van der Waals surface area contributed by atoms with Gasteiger partial charge in [0.05, 0.1) is 6.61 Å². The van der Waals surface area contributed by atoms with Gasteiger partial charge >= 0.3 is 0 Å². The van der Waals surface area contributed by atoms with Crippen LogP contribution in [0.3, 0.4) is 0 Å². The van der Waals surface area contributed by atoms with Gasteiger partial charge in [-0.2, -0.15) is 0 Å². The summed E-state index contributed by atoms with van der Waals surface area (Å²) < 4.78 is 5.10. The summed E-state index contributed by atoms with van der Waals surface area (Å²) in [6, 6.07) is 6.34. The van der Waals surface area contributed by atoms with Crippen LogP contribution in [-0.2, 0) is 4.74 Å². The number of rotatable bonds is 5. The Morgan fingerprint density at radius 1 is 1.39 bits per heavy atom. The number of aromatic nitrogens is 1. The van der Waals surface area contributed by atoms with E-state index in [2.05, 4.69) is 35.5 Å². The van der Waals surface area contributed by atoms with Gasteiger partial charge < -0.3 is 15.0 Å². The highest BCUT2D eigenvalue weighted by Crippen LogP contribution is 2.24. The van der Waals surface area contributed by atoms with Gasteiger partial charge in [-0.05, 0) is 38.1 Å². The first-order valence-electron chi connectivity index (χ1n) is 6.69. The molecule has 1 N–H and O–H groups in total. The Kier molecular flexibility index (Phi) is 4.96. The highest BCUT2D eigenvalue weighted by molar-refractivity contribution is 5.38. The number of ether oxygens (including phenoxy) is 1. The van der Waals surface area contributed by atoms with Gasteiger partial charge in [0, 0.05) is 32.3 Å². The molecule has 1 aliphatic rings. The first kappa shape index (κ1) is 13.3. The van der Waals surface area contributed by atoms with Crippen molar-refractivity contribution < 1.29 is 4.74 Å². The number of anilines is 1. The van der Waals surface area contributed by atoms with Gasteiger partial charge in [-0.3, -0.25) is 0 Å². The van der Waals surface area contributed by atoms with Crippen LogP contribution in [0.1, 0.15) is 24.5 Å². The molecule has 2 heterocycles. The number of pyridine rings is 1. The summed E-state index contributed by atoms with van der Waals surface area (Å²) in [7, 11) is 3.79. The Hall–Kier alpha value is -1.13. The molecule has 0 unspecified atom stereocenters.